The summed E-state index contributed by atoms with van der Waals surface area (Å²) in [7, 11) is 1.54. The fraction of sp³-hybridized carbons (Fsp3) is 0.286. The largest absolute Gasteiger partial charge is 0.496 e. The molecule has 0 saturated carbocycles. The lowest BCUT2D eigenvalue weighted by atomic mass is 9.98. The van der Waals surface area contributed by atoms with E-state index in [0.717, 1.165) is 5.56 Å². The molecule has 3 aromatic carbocycles. The molecule has 2 aliphatic heterocycles. The van der Waals surface area contributed by atoms with Crippen molar-refractivity contribution in [1.82, 2.24) is 25.5 Å². The predicted octanol–water partition coefficient (Wildman–Crippen LogP) is 3.71. The van der Waals surface area contributed by atoms with Crippen molar-refractivity contribution in [2.45, 2.75) is 38.0 Å². The van der Waals surface area contributed by atoms with Crippen molar-refractivity contribution in [3.8, 4) is 28.4 Å². The van der Waals surface area contributed by atoms with E-state index in [9.17, 15) is 18.8 Å². The molecular formula is C35H34FN5O6. The molecular weight excluding hydrogens is 605 g/mol. The van der Waals surface area contributed by atoms with E-state index in [1.807, 2.05) is 6.07 Å². The first-order chi connectivity index (χ1) is 22.8. The van der Waals surface area contributed by atoms with Gasteiger partial charge < -0.3 is 29.7 Å². The van der Waals surface area contributed by atoms with Crippen molar-refractivity contribution in [1.29, 1.82) is 0 Å². The fourth-order valence-electron chi connectivity index (χ4n) is 5.74. The number of halogens is 1. The Kier molecular flexibility index (Phi) is 9.56. The molecule has 11 nitrogen and oxygen atoms in total. The molecule has 3 amide bonds. The van der Waals surface area contributed by atoms with Crippen LogP contribution in [0.2, 0.25) is 0 Å². The van der Waals surface area contributed by atoms with Gasteiger partial charge in [-0.2, -0.15) is 0 Å². The van der Waals surface area contributed by atoms with Crippen LogP contribution in [0.4, 0.5) is 4.39 Å². The molecule has 1 saturated heterocycles. The maximum Gasteiger partial charge on any atom is 0.258 e. The van der Waals surface area contributed by atoms with Gasteiger partial charge in [0.15, 0.2) is 6.61 Å². The summed E-state index contributed by atoms with van der Waals surface area (Å²) in [6.07, 6.45) is 5.28. The molecule has 1 fully saturated rings. The Morgan fingerprint density at radius 1 is 1.06 bits per heavy atom. The summed E-state index contributed by atoms with van der Waals surface area (Å²) in [5.74, 6) is -0.138. The van der Waals surface area contributed by atoms with Crippen LogP contribution in [0.3, 0.4) is 0 Å². The highest BCUT2D eigenvalue weighted by Gasteiger charge is 2.34. The first-order valence-electron chi connectivity index (χ1n) is 15.3. The Bertz CT molecular complexity index is 1770. The van der Waals surface area contributed by atoms with Crippen molar-refractivity contribution >= 4 is 17.7 Å². The highest BCUT2D eigenvalue weighted by molar-refractivity contribution is 5.96. The topological polar surface area (TPSA) is 132 Å². The normalized spacial score (nSPS) is 18.1. The quantitative estimate of drug-likeness (QED) is 0.346. The van der Waals surface area contributed by atoms with Crippen molar-refractivity contribution in [3.63, 3.8) is 0 Å². The summed E-state index contributed by atoms with van der Waals surface area (Å²) in [5, 5.41) is 5.83. The zero-order valence-corrected chi connectivity index (χ0v) is 25.8. The Morgan fingerprint density at radius 3 is 2.79 bits per heavy atom. The van der Waals surface area contributed by atoms with E-state index in [1.54, 1.807) is 73.1 Å². The van der Waals surface area contributed by atoms with Crippen molar-refractivity contribution in [2.75, 3.05) is 26.8 Å². The second-order valence-electron chi connectivity index (χ2n) is 11.4. The lowest BCUT2D eigenvalue weighted by Crippen LogP contribution is -2.58. The zero-order chi connectivity index (χ0) is 32.8. The summed E-state index contributed by atoms with van der Waals surface area (Å²) >= 11 is 0. The van der Waals surface area contributed by atoms with Crippen LogP contribution in [0, 0.1) is 5.82 Å². The number of likely N-dealkylation sites (tertiary alicyclic amines) is 1. The van der Waals surface area contributed by atoms with Crippen LogP contribution in [0.1, 0.15) is 34.5 Å². The number of piperidine rings is 1. The molecule has 6 bridgehead atoms. The maximum atomic E-state index is 14.7. The number of aromatic nitrogens is 2. The lowest BCUT2D eigenvalue weighted by molar-refractivity contribution is -0.133. The van der Waals surface area contributed by atoms with E-state index in [2.05, 4.69) is 20.6 Å². The third-order valence-corrected chi connectivity index (χ3v) is 8.12. The van der Waals surface area contributed by atoms with Gasteiger partial charge in [-0.15, -0.1) is 0 Å². The van der Waals surface area contributed by atoms with Gasteiger partial charge >= 0.3 is 0 Å². The molecule has 47 heavy (non-hydrogen) atoms. The molecule has 0 spiro atoms. The number of nitrogens with one attached hydrogen (secondary N) is 2. The van der Waals surface area contributed by atoms with Gasteiger partial charge in [0.25, 0.3) is 11.8 Å². The minimum absolute atomic E-state index is 0.0539. The third-order valence-electron chi connectivity index (χ3n) is 8.12. The number of carbonyl (C=O) groups excluding carboxylic acids is 3. The number of aryl methyl sites for hydroxylation is 1. The molecule has 0 radical (unpaired) electrons. The number of methoxy groups -OCH3 is 1. The molecule has 6 rings (SSSR count). The zero-order valence-electron chi connectivity index (χ0n) is 25.8. The van der Waals surface area contributed by atoms with E-state index < -0.39 is 18.0 Å². The van der Waals surface area contributed by atoms with E-state index in [4.69, 9.17) is 14.2 Å². The molecule has 4 aromatic rings. The summed E-state index contributed by atoms with van der Waals surface area (Å²) in [6.45, 7) is 0.381. The highest BCUT2D eigenvalue weighted by Crippen LogP contribution is 2.33. The Balaban J connectivity index is 1.31. The number of fused-ring (bicyclic) bond motifs is 8. The van der Waals surface area contributed by atoms with Gasteiger partial charge in [0, 0.05) is 68.3 Å². The van der Waals surface area contributed by atoms with Crippen LogP contribution in [0.15, 0.2) is 79.3 Å². The van der Waals surface area contributed by atoms with Crippen molar-refractivity contribution < 1.29 is 33.0 Å². The van der Waals surface area contributed by atoms with Gasteiger partial charge in [-0.25, -0.2) is 4.39 Å². The molecule has 2 atom stereocenters. The fourth-order valence-corrected chi connectivity index (χ4v) is 5.74. The first-order valence-corrected chi connectivity index (χ1v) is 15.3. The van der Waals surface area contributed by atoms with Gasteiger partial charge in [0.2, 0.25) is 5.91 Å². The second kappa shape index (κ2) is 14.3. The number of carbonyl (C=O) groups is 3. The summed E-state index contributed by atoms with van der Waals surface area (Å²) in [6, 6.07) is 15.8. The molecule has 3 heterocycles. The van der Waals surface area contributed by atoms with E-state index in [-0.39, 0.29) is 49.6 Å². The average Bonchev–Trinajstić information content (AvgIpc) is 3.09. The van der Waals surface area contributed by atoms with Gasteiger partial charge in [0.05, 0.1) is 18.8 Å². The van der Waals surface area contributed by atoms with Crippen LogP contribution < -0.4 is 24.8 Å². The molecule has 12 heteroatoms. The molecule has 242 valence electrons. The summed E-state index contributed by atoms with van der Waals surface area (Å²) < 4.78 is 32.3. The molecule has 0 unspecified atom stereocenters. The van der Waals surface area contributed by atoms with Crippen molar-refractivity contribution in [2.24, 2.45) is 0 Å². The number of hydrogen-bond donors (Lipinski definition) is 2. The van der Waals surface area contributed by atoms with Crippen LogP contribution in [-0.2, 0) is 22.6 Å². The van der Waals surface area contributed by atoms with Gasteiger partial charge in [-0.05, 0) is 60.0 Å². The average molecular weight is 640 g/mol. The Hall–Kier alpha value is -5.52. The second-order valence-corrected chi connectivity index (χ2v) is 11.4. The maximum absolute atomic E-state index is 14.7. The molecule has 2 N–H and O–H groups in total. The lowest BCUT2D eigenvalue weighted by Gasteiger charge is -2.39. The summed E-state index contributed by atoms with van der Waals surface area (Å²) in [4.78, 5) is 49.7. The number of rotatable bonds is 4. The number of ether oxygens (including phenoxy) is 3. The standard InChI is InChI=1S/C35H34FN5O6/c1-45-31-7-5-24-16-29(31)23-3-2-4-27(15-23)46-21-33(42)39-18-22-13-25(36)17-28(14-22)47-32-9-12-41(20-30(32)40-35(24)44)34(43)8-6-26-19-37-10-11-38-26/h2-5,7,10-11,13-17,19,30,32H,6,8-9,12,18,20-21H2,1H3,(H,39,42)(H,40,44)/t30-,32-/m1/s1. The predicted molar refractivity (Wildman–Crippen MR) is 169 cm³/mol. The van der Waals surface area contributed by atoms with Crippen molar-refractivity contribution in [3.05, 3.63) is 102 Å². The third kappa shape index (κ3) is 7.83. The monoisotopic (exact) mass is 639 g/mol. The number of benzene rings is 3. The van der Waals surface area contributed by atoms with Crippen LogP contribution in [0.25, 0.3) is 11.1 Å². The number of amides is 3. The van der Waals surface area contributed by atoms with E-state index >= 15 is 0 Å². The minimum atomic E-state index is -0.618. The van der Waals surface area contributed by atoms with E-state index in [1.165, 1.54) is 12.1 Å². The molecule has 1 aromatic heterocycles. The van der Waals surface area contributed by atoms with Crippen LogP contribution >= 0.6 is 0 Å². The minimum Gasteiger partial charge on any atom is -0.496 e. The molecule has 2 aliphatic rings. The number of hydrogen-bond acceptors (Lipinski definition) is 8. The highest BCUT2D eigenvalue weighted by atomic mass is 19.1. The molecule has 0 aliphatic carbocycles. The Morgan fingerprint density at radius 2 is 1.96 bits per heavy atom. The summed E-state index contributed by atoms with van der Waals surface area (Å²) in [5.41, 5.74) is 2.94. The SMILES string of the molecule is COc1ccc2cc1-c1cccc(c1)OCC(=O)NCc1cc(F)cc(c1)O[C@@H]1CCN(C(=O)CCc3cnccn3)C[C@H]1NC2=O. The number of nitrogens with zero attached hydrogens (tertiary/aromatic N) is 3. The van der Waals surface area contributed by atoms with Gasteiger partial charge in [-0.1, -0.05) is 12.1 Å². The smallest absolute Gasteiger partial charge is 0.258 e. The van der Waals surface area contributed by atoms with Crippen LogP contribution in [-0.4, -0.2) is 71.5 Å². The van der Waals surface area contributed by atoms with Gasteiger partial charge in [0.1, 0.15) is 29.2 Å². The van der Waals surface area contributed by atoms with E-state index in [0.29, 0.717) is 53.3 Å². The van der Waals surface area contributed by atoms with Crippen LogP contribution in [0.5, 0.6) is 17.2 Å². The Labute approximate surface area is 271 Å². The van der Waals surface area contributed by atoms with Gasteiger partial charge in [-0.3, -0.25) is 24.4 Å². The first kappa shape index (κ1) is 31.5.